The Balaban J connectivity index is 1.70. The maximum Gasteiger partial charge on any atom is 0.251 e. The molecule has 2 N–H and O–H groups in total. The molecule has 0 atom stereocenters. The molecule has 0 spiro atoms. The lowest BCUT2D eigenvalue weighted by atomic mass is 10.1. The van der Waals surface area contributed by atoms with Crippen LogP contribution in [0.1, 0.15) is 17.0 Å². The van der Waals surface area contributed by atoms with Crippen molar-refractivity contribution in [3.05, 3.63) is 65.5 Å². The minimum Gasteiger partial charge on any atom is -0.382 e. The molecule has 3 aromatic heterocycles. The first-order chi connectivity index (χ1) is 15.3. The van der Waals surface area contributed by atoms with Crippen LogP contribution in [0.2, 0.25) is 0 Å². The van der Waals surface area contributed by atoms with Crippen molar-refractivity contribution in [2.24, 2.45) is 0 Å². The van der Waals surface area contributed by atoms with Gasteiger partial charge in [-0.2, -0.15) is 0 Å². The summed E-state index contributed by atoms with van der Waals surface area (Å²) in [5, 5.41) is 0. The molecule has 0 radical (unpaired) electrons. The Morgan fingerprint density at radius 3 is 2.47 bits per heavy atom. The Morgan fingerprint density at radius 2 is 1.78 bits per heavy atom. The molecule has 3 heterocycles. The number of alkyl halides is 2. The fourth-order valence-corrected chi connectivity index (χ4v) is 3.58. The second-order valence-electron chi connectivity index (χ2n) is 7.65. The Bertz CT molecular complexity index is 1240. The molecule has 0 saturated carbocycles. The van der Waals surface area contributed by atoms with Crippen LogP contribution in [0.5, 0.6) is 0 Å². The van der Waals surface area contributed by atoms with Crippen LogP contribution in [0.15, 0.2) is 42.7 Å². The number of halogens is 3. The van der Waals surface area contributed by atoms with E-state index in [9.17, 15) is 13.2 Å². The van der Waals surface area contributed by atoms with Gasteiger partial charge < -0.3 is 10.3 Å². The third-order valence-corrected chi connectivity index (χ3v) is 4.96. The van der Waals surface area contributed by atoms with Gasteiger partial charge in [-0.3, -0.25) is 9.88 Å². The lowest BCUT2D eigenvalue weighted by Gasteiger charge is -2.16. The van der Waals surface area contributed by atoms with E-state index in [1.807, 2.05) is 28.8 Å². The largest absolute Gasteiger partial charge is 0.382 e. The zero-order valence-corrected chi connectivity index (χ0v) is 17.6. The first-order valence-electron chi connectivity index (χ1n) is 9.96. The van der Waals surface area contributed by atoms with Gasteiger partial charge in [0.05, 0.1) is 19.3 Å². The van der Waals surface area contributed by atoms with E-state index in [4.69, 9.17) is 5.73 Å². The van der Waals surface area contributed by atoms with Crippen LogP contribution in [0.3, 0.4) is 0 Å². The summed E-state index contributed by atoms with van der Waals surface area (Å²) in [6.07, 6.45) is 0.278. The number of benzene rings is 1. The van der Waals surface area contributed by atoms with Crippen molar-refractivity contribution in [3.63, 3.8) is 0 Å². The molecule has 4 rings (SSSR count). The Labute approximate surface area is 182 Å². The maximum absolute atomic E-state index is 13.8. The molecule has 0 aliphatic heterocycles. The van der Waals surface area contributed by atoms with Gasteiger partial charge >= 0.3 is 0 Å². The monoisotopic (exact) mass is 441 g/mol. The lowest BCUT2D eigenvalue weighted by molar-refractivity contribution is 0.0975. The van der Waals surface area contributed by atoms with Crippen LogP contribution in [-0.2, 0) is 13.1 Å². The van der Waals surface area contributed by atoms with E-state index in [1.165, 1.54) is 12.3 Å². The van der Waals surface area contributed by atoms with Crippen molar-refractivity contribution in [1.29, 1.82) is 0 Å². The molecule has 7 nitrogen and oxygen atoms in total. The van der Waals surface area contributed by atoms with Gasteiger partial charge in [-0.05, 0) is 31.2 Å². The van der Waals surface area contributed by atoms with Gasteiger partial charge in [-0.25, -0.2) is 28.1 Å². The molecule has 0 amide bonds. The Kier molecular flexibility index (Phi) is 6.04. The molecule has 166 valence electrons. The van der Waals surface area contributed by atoms with Crippen molar-refractivity contribution < 1.29 is 13.2 Å². The summed E-state index contributed by atoms with van der Waals surface area (Å²) in [5.74, 6) is 0.736. The predicted octanol–water partition coefficient (Wildman–Crippen LogP) is 3.66. The fraction of sp³-hybridized carbons (Fsp3) is 0.273. The molecule has 10 heteroatoms. The quantitative estimate of drug-likeness (QED) is 0.471. The minimum absolute atomic E-state index is 0.245. The first-order valence-corrected chi connectivity index (χ1v) is 9.96. The summed E-state index contributed by atoms with van der Waals surface area (Å²) < 4.78 is 40.8. The number of anilines is 1. The molecular formula is C22H22F3N7. The summed E-state index contributed by atoms with van der Waals surface area (Å²) in [4.78, 5) is 18.7. The van der Waals surface area contributed by atoms with Crippen LogP contribution in [0.4, 0.5) is 19.0 Å². The smallest absolute Gasteiger partial charge is 0.251 e. The van der Waals surface area contributed by atoms with Crippen LogP contribution < -0.4 is 5.73 Å². The molecule has 0 bridgehead atoms. The third kappa shape index (κ3) is 4.70. The molecular weight excluding hydrogens is 419 g/mol. The minimum atomic E-state index is -2.37. The van der Waals surface area contributed by atoms with E-state index in [-0.39, 0.29) is 12.4 Å². The number of fused-ring (bicyclic) bond motifs is 1. The molecule has 32 heavy (non-hydrogen) atoms. The second-order valence-corrected chi connectivity index (χ2v) is 7.65. The van der Waals surface area contributed by atoms with Gasteiger partial charge in [0.1, 0.15) is 17.5 Å². The number of nitrogen functional groups attached to an aromatic ring is 1. The number of rotatable bonds is 7. The SMILES string of the molecule is Cc1nc(N)c2nc(-c3cncc(F)c3)n(Cc3ccc(CN(C)CC(F)F)cc3)c2n1. The maximum atomic E-state index is 13.8. The van der Waals surface area contributed by atoms with Gasteiger partial charge in [-0.1, -0.05) is 24.3 Å². The van der Waals surface area contributed by atoms with E-state index >= 15 is 0 Å². The molecule has 0 fully saturated rings. The van der Waals surface area contributed by atoms with Gasteiger partial charge in [-0.15, -0.1) is 0 Å². The number of nitrogens with zero attached hydrogens (tertiary/aromatic N) is 6. The predicted molar refractivity (Wildman–Crippen MR) is 116 cm³/mol. The fourth-order valence-electron chi connectivity index (χ4n) is 3.58. The summed E-state index contributed by atoms with van der Waals surface area (Å²) in [7, 11) is 1.66. The number of pyridine rings is 1. The van der Waals surface area contributed by atoms with Crippen molar-refractivity contribution in [2.45, 2.75) is 26.4 Å². The number of aryl methyl sites for hydroxylation is 1. The van der Waals surface area contributed by atoms with Gasteiger partial charge in [0.2, 0.25) is 0 Å². The molecule has 0 aliphatic rings. The van der Waals surface area contributed by atoms with Crippen LogP contribution in [0, 0.1) is 12.7 Å². The summed E-state index contributed by atoms with van der Waals surface area (Å²) in [6, 6.07) is 8.98. The van der Waals surface area contributed by atoms with Gasteiger partial charge in [0.25, 0.3) is 6.43 Å². The van der Waals surface area contributed by atoms with Crippen molar-refractivity contribution in [3.8, 4) is 11.4 Å². The van der Waals surface area contributed by atoms with Crippen LogP contribution >= 0.6 is 0 Å². The highest BCUT2D eigenvalue weighted by molar-refractivity contribution is 5.85. The average molecular weight is 441 g/mol. The molecule has 4 aromatic rings. The van der Waals surface area contributed by atoms with E-state index in [0.29, 0.717) is 41.5 Å². The van der Waals surface area contributed by atoms with E-state index < -0.39 is 12.2 Å². The highest BCUT2D eigenvalue weighted by Crippen LogP contribution is 2.27. The normalized spacial score (nSPS) is 11.7. The first kappa shape index (κ1) is 21.7. The van der Waals surface area contributed by atoms with E-state index in [1.54, 1.807) is 18.9 Å². The lowest BCUT2D eigenvalue weighted by Crippen LogP contribution is -2.24. The van der Waals surface area contributed by atoms with Crippen LogP contribution in [0.25, 0.3) is 22.6 Å². The van der Waals surface area contributed by atoms with E-state index in [0.717, 1.165) is 17.3 Å². The highest BCUT2D eigenvalue weighted by Gasteiger charge is 2.18. The van der Waals surface area contributed by atoms with Crippen molar-refractivity contribution >= 4 is 17.0 Å². The zero-order valence-electron chi connectivity index (χ0n) is 17.6. The number of hydrogen-bond acceptors (Lipinski definition) is 6. The van der Waals surface area contributed by atoms with Crippen LogP contribution in [-0.4, -0.2) is 49.4 Å². The zero-order chi connectivity index (χ0) is 22.8. The molecule has 0 unspecified atom stereocenters. The standard InChI is InChI=1S/C22H22F3N7/c1-13-28-20(26)19-22(29-13)32(21(30-19)16-7-17(23)9-27-8-16)11-15-5-3-14(4-6-15)10-31(2)12-18(24)25/h3-9,18H,10-12H2,1-2H3,(H2,26,28,29). The number of aromatic nitrogens is 5. The topological polar surface area (TPSA) is 85.8 Å². The summed E-state index contributed by atoms with van der Waals surface area (Å²) in [5.41, 5.74) is 9.38. The number of hydrogen-bond donors (Lipinski definition) is 1. The third-order valence-electron chi connectivity index (χ3n) is 4.96. The summed E-state index contributed by atoms with van der Waals surface area (Å²) >= 11 is 0. The van der Waals surface area contributed by atoms with Gasteiger partial charge in [0, 0.05) is 18.3 Å². The Morgan fingerprint density at radius 1 is 1.06 bits per heavy atom. The molecule has 0 saturated heterocycles. The summed E-state index contributed by atoms with van der Waals surface area (Å²) in [6.45, 7) is 2.27. The number of imidazole rings is 1. The number of nitrogens with two attached hydrogens (primary N) is 1. The van der Waals surface area contributed by atoms with Crippen molar-refractivity contribution in [1.82, 2.24) is 29.4 Å². The van der Waals surface area contributed by atoms with Gasteiger partial charge in [0.15, 0.2) is 17.0 Å². The highest BCUT2D eigenvalue weighted by atomic mass is 19.3. The van der Waals surface area contributed by atoms with E-state index in [2.05, 4.69) is 19.9 Å². The second kappa shape index (κ2) is 8.91. The average Bonchev–Trinajstić information content (AvgIpc) is 3.07. The van der Waals surface area contributed by atoms with Crippen molar-refractivity contribution in [2.75, 3.05) is 19.3 Å². The Hall–Kier alpha value is -3.53. The molecule has 0 aliphatic carbocycles. The molecule has 1 aromatic carbocycles.